The zero-order valence-corrected chi connectivity index (χ0v) is 16.0. The molecule has 2 aromatic heterocycles. The minimum absolute atomic E-state index is 0.273. The van der Waals surface area contributed by atoms with E-state index >= 15 is 0 Å². The number of alkyl halides is 1. The maximum Gasteiger partial charge on any atom is 0.232 e. The highest BCUT2D eigenvalue weighted by Gasteiger charge is 2.43. The summed E-state index contributed by atoms with van der Waals surface area (Å²) in [6.45, 7) is 0. The molecule has 1 saturated carbocycles. The van der Waals surface area contributed by atoms with E-state index in [4.69, 9.17) is 0 Å². The SMILES string of the molecule is O=C(Nc1nc2ccc(-c3c(Br)c(F)cc4[nH]ncc34)cc2s1)[C@@H]1C[C@@H]1F. The first-order valence-corrected chi connectivity index (χ1v) is 9.79. The smallest absolute Gasteiger partial charge is 0.232 e. The van der Waals surface area contributed by atoms with Gasteiger partial charge in [-0.15, -0.1) is 0 Å². The third kappa shape index (κ3) is 2.81. The normalized spacial score (nSPS) is 18.9. The number of anilines is 1. The number of carbonyl (C=O) groups is 1. The summed E-state index contributed by atoms with van der Waals surface area (Å²) in [5.41, 5.74) is 2.81. The van der Waals surface area contributed by atoms with Crippen LogP contribution in [0.2, 0.25) is 0 Å². The van der Waals surface area contributed by atoms with Crippen LogP contribution in [0.15, 0.2) is 34.9 Å². The molecule has 0 bridgehead atoms. The van der Waals surface area contributed by atoms with E-state index in [2.05, 4.69) is 36.4 Å². The van der Waals surface area contributed by atoms with Gasteiger partial charge in [-0.1, -0.05) is 17.4 Å². The van der Waals surface area contributed by atoms with Crippen LogP contribution >= 0.6 is 27.3 Å². The molecular weight excluding hydrogens is 438 g/mol. The lowest BCUT2D eigenvalue weighted by Gasteiger charge is -2.07. The van der Waals surface area contributed by atoms with Crippen molar-refractivity contribution in [2.24, 2.45) is 5.92 Å². The Morgan fingerprint density at radius 1 is 1.37 bits per heavy atom. The van der Waals surface area contributed by atoms with Gasteiger partial charge in [0, 0.05) is 17.0 Å². The van der Waals surface area contributed by atoms with E-state index in [1.54, 1.807) is 6.20 Å². The summed E-state index contributed by atoms with van der Waals surface area (Å²) >= 11 is 4.63. The third-order valence-corrected chi connectivity index (χ3v) is 6.30. The van der Waals surface area contributed by atoms with E-state index in [-0.39, 0.29) is 18.1 Å². The van der Waals surface area contributed by atoms with Crippen molar-refractivity contribution in [3.8, 4) is 11.1 Å². The Labute approximate surface area is 163 Å². The molecule has 2 atom stereocenters. The highest BCUT2D eigenvalue weighted by atomic mass is 79.9. The number of amides is 1. The molecular formula is C18H11BrF2N4OS. The van der Waals surface area contributed by atoms with Gasteiger partial charge in [0.15, 0.2) is 5.13 Å². The number of thiazole rings is 1. The van der Waals surface area contributed by atoms with Gasteiger partial charge in [0.1, 0.15) is 12.0 Å². The molecule has 0 saturated heterocycles. The van der Waals surface area contributed by atoms with Crippen molar-refractivity contribution in [3.05, 3.63) is 40.8 Å². The molecule has 0 unspecified atom stereocenters. The number of fused-ring (bicyclic) bond motifs is 2. The number of nitrogens with zero attached hydrogens (tertiary/aromatic N) is 2. The van der Waals surface area contributed by atoms with Crippen LogP contribution in [0.1, 0.15) is 6.42 Å². The molecule has 1 aliphatic rings. The summed E-state index contributed by atoms with van der Waals surface area (Å²) in [4.78, 5) is 16.3. The van der Waals surface area contributed by atoms with Crippen LogP contribution in [0.25, 0.3) is 32.2 Å². The van der Waals surface area contributed by atoms with E-state index in [1.807, 2.05) is 18.2 Å². The van der Waals surface area contributed by atoms with E-state index in [0.29, 0.717) is 26.2 Å². The van der Waals surface area contributed by atoms with Gasteiger partial charge in [-0.25, -0.2) is 13.8 Å². The predicted molar refractivity (Wildman–Crippen MR) is 104 cm³/mol. The summed E-state index contributed by atoms with van der Waals surface area (Å²) in [5, 5.41) is 10.7. The first-order chi connectivity index (χ1) is 13.0. The molecule has 9 heteroatoms. The monoisotopic (exact) mass is 448 g/mol. The van der Waals surface area contributed by atoms with Gasteiger partial charge in [0.25, 0.3) is 0 Å². The molecule has 1 fully saturated rings. The number of aromatic amines is 1. The molecule has 1 amide bonds. The summed E-state index contributed by atoms with van der Waals surface area (Å²) < 4.78 is 28.5. The van der Waals surface area contributed by atoms with Crippen LogP contribution in [0.5, 0.6) is 0 Å². The van der Waals surface area contributed by atoms with Crippen LogP contribution in [-0.2, 0) is 4.79 Å². The molecule has 2 aromatic carbocycles. The molecule has 2 heterocycles. The minimum atomic E-state index is -1.05. The number of aromatic nitrogens is 3. The fourth-order valence-corrected chi connectivity index (χ4v) is 4.55. The molecule has 0 radical (unpaired) electrons. The van der Waals surface area contributed by atoms with Crippen LogP contribution in [0, 0.1) is 11.7 Å². The molecule has 27 heavy (non-hydrogen) atoms. The lowest BCUT2D eigenvalue weighted by Crippen LogP contribution is -2.14. The first kappa shape index (κ1) is 16.8. The van der Waals surface area contributed by atoms with E-state index in [9.17, 15) is 13.6 Å². The quantitative estimate of drug-likeness (QED) is 0.461. The molecule has 5 rings (SSSR count). The highest BCUT2D eigenvalue weighted by molar-refractivity contribution is 9.10. The van der Waals surface area contributed by atoms with Gasteiger partial charge in [0.05, 0.1) is 32.3 Å². The van der Waals surface area contributed by atoms with Crippen molar-refractivity contribution in [1.82, 2.24) is 15.2 Å². The Bertz CT molecular complexity index is 1220. The molecule has 2 N–H and O–H groups in total. The minimum Gasteiger partial charge on any atom is -0.302 e. The van der Waals surface area contributed by atoms with Crippen molar-refractivity contribution in [2.45, 2.75) is 12.6 Å². The summed E-state index contributed by atoms with van der Waals surface area (Å²) in [6.07, 6.45) is 0.879. The van der Waals surface area contributed by atoms with Crippen LogP contribution in [-0.4, -0.2) is 27.3 Å². The van der Waals surface area contributed by atoms with Crippen molar-refractivity contribution >= 4 is 59.4 Å². The lowest BCUT2D eigenvalue weighted by molar-refractivity contribution is -0.117. The number of hydrogen-bond donors (Lipinski definition) is 2. The zero-order valence-electron chi connectivity index (χ0n) is 13.6. The van der Waals surface area contributed by atoms with Gasteiger partial charge in [-0.05, 0) is 40.0 Å². The van der Waals surface area contributed by atoms with Gasteiger partial charge < -0.3 is 5.32 Å². The molecule has 0 aliphatic heterocycles. The predicted octanol–water partition coefficient (Wildman–Crippen LogP) is 5.04. The molecule has 0 spiro atoms. The van der Waals surface area contributed by atoms with Gasteiger partial charge in [-0.3, -0.25) is 9.89 Å². The maximum atomic E-state index is 14.3. The number of carbonyl (C=O) groups excluding carboxylic acids is 1. The summed E-state index contributed by atoms with van der Waals surface area (Å²) in [6, 6.07) is 6.95. The van der Waals surface area contributed by atoms with Crippen molar-refractivity contribution in [1.29, 1.82) is 0 Å². The number of hydrogen-bond acceptors (Lipinski definition) is 4. The Balaban J connectivity index is 1.56. The first-order valence-electron chi connectivity index (χ1n) is 8.18. The molecule has 136 valence electrons. The average Bonchev–Trinajstić information content (AvgIpc) is 3.02. The summed E-state index contributed by atoms with van der Waals surface area (Å²) in [5.74, 6) is -1.29. The standard InChI is InChI=1S/C18H11BrF2N4OS/c19-16-11(21)5-13-9(6-22-25-13)15(16)7-1-2-12-14(3-7)27-18(23-12)24-17(26)8-4-10(8)20/h1-3,5-6,8,10H,4H2,(H,22,25)(H,23,24,26)/t8-,10+/m1/s1. The van der Waals surface area contributed by atoms with Crippen LogP contribution in [0.4, 0.5) is 13.9 Å². The number of benzene rings is 2. The van der Waals surface area contributed by atoms with Crippen molar-refractivity contribution in [2.75, 3.05) is 5.32 Å². The third-order valence-electron chi connectivity index (χ3n) is 4.59. The second kappa shape index (κ2) is 6.07. The number of halogens is 3. The number of H-pyrrole nitrogens is 1. The fraction of sp³-hybridized carbons (Fsp3) is 0.167. The van der Waals surface area contributed by atoms with Gasteiger partial charge in [0.2, 0.25) is 5.91 Å². The Kier molecular flexibility index (Phi) is 3.76. The second-order valence-electron chi connectivity index (χ2n) is 6.43. The van der Waals surface area contributed by atoms with Crippen molar-refractivity contribution in [3.63, 3.8) is 0 Å². The highest BCUT2D eigenvalue weighted by Crippen LogP contribution is 2.40. The fourth-order valence-electron chi connectivity index (χ4n) is 3.08. The Hall–Kier alpha value is -2.39. The van der Waals surface area contributed by atoms with E-state index < -0.39 is 12.1 Å². The lowest BCUT2D eigenvalue weighted by atomic mass is 10.0. The van der Waals surface area contributed by atoms with Crippen LogP contribution in [0.3, 0.4) is 0 Å². The zero-order chi connectivity index (χ0) is 18.7. The molecule has 1 aliphatic carbocycles. The summed E-state index contributed by atoms with van der Waals surface area (Å²) in [7, 11) is 0. The van der Waals surface area contributed by atoms with Crippen molar-refractivity contribution < 1.29 is 13.6 Å². The Morgan fingerprint density at radius 3 is 2.96 bits per heavy atom. The topological polar surface area (TPSA) is 70.7 Å². The largest absolute Gasteiger partial charge is 0.302 e. The maximum absolute atomic E-state index is 14.3. The molecule has 5 nitrogen and oxygen atoms in total. The van der Waals surface area contributed by atoms with E-state index in [0.717, 1.165) is 15.6 Å². The number of nitrogens with one attached hydrogen (secondary N) is 2. The van der Waals surface area contributed by atoms with Gasteiger partial charge >= 0.3 is 0 Å². The average molecular weight is 449 g/mol. The van der Waals surface area contributed by atoms with Gasteiger partial charge in [-0.2, -0.15) is 5.10 Å². The number of rotatable bonds is 3. The Morgan fingerprint density at radius 2 is 2.19 bits per heavy atom. The molecule has 4 aromatic rings. The van der Waals surface area contributed by atoms with Crippen LogP contribution < -0.4 is 5.32 Å². The second-order valence-corrected chi connectivity index (χ2v) is 8.25. The van der Waals surface area contributed by atoms with E-state index in [1.165, 1.54) is 17.4 Å².